The second-order valence-corrected chi connectivity index (χ2v) is 4.55. The van der Waals surface area contributed by atoms with Gasteiger partial charge >= 0.3 is 0 Å². The molecule has 0 fully saturated rings. The molecule has 0 aromatic heterocycles. The van der Waals surface area contributed by atoms with Crippen molar-refractivity contribution in [1.82, 2.24) is 5.32 Å². The molecule has 0 saturated carbocycles. The first-order chi connectivity index (χ1) is 8.60. The molecule has 1 aromatic carbocycles. The summed E-state index contributed by atoms with van der Waals surface area (Å²) in [6, 6.07) is 5.58. The Bertz CT molecular complexity index is 409. The van der Waals surface area contributed by atoms with Gasteiger partial charge in [0.05, 0.1) is 6.54 Å². The highest BCUT2D eigenvalue weighted by Crippen LogP contribution is 2.26. The zero-order chi connectivity index (χ0) is 13.5. The Morgan fingerprint density at radius 1 is 1.50 bits per heavy atom. The van der Waals surface area contributed by atoms with Crippen molar-refractivity contribution < 1.29 is 4.79 Å². The molecule has 4 nitrogen and oxygen atoms in total. The average molecular weight is 270 g/mol. The van der Waals surface area contributed by atoms with Gasteiger partial charge < -0.3 is 16.0 Å². The normalized spacial score (nSPS) is 10.2. The van der Waals surface area contributed by atoms with Crippen LogP contribution < -0.4 is 16.0 Å². The lowest BCUT2D eigenvalue weighted by Crippen LogP contribution is -2.36. The molecule has 0 aliphatic rings. The number of nitrogens with two attached hydrogens (primary N) is 1. The Morgan fingerprint density at radius 2 is 2.22 bits per heavy atom. The number of amides is 1. The van der Waals surface area contributed by atoms with E-state index in [1.165, 1.54) is 0 Å². The van der Waals surface area contributed by atoms with E-state index in [1.54, 1.807) is 6.07 Å². The zero-order valence-electron chi connectivity index (χ0n) is 10.9. The Kier molecular flexibility index (Phi) is 5.95. The smallest absolute Gasteiger partial charge is 0.239 e. The third-order valence-electron chi connectivity index (χ3n) is 2.66. The predicted octanol–water partition coefficient (Wildman–Crippen LogP) is 1.76. The van der Waals surface area contributed by atoms with E-state index in [4.69, 9.17) is 17.3 Å². The van der Waals surface area contributed by atoms with E-state index < -0.39 is 0 Å². The molecule has 0 saturated heterocycles. The lowest BCUT2D eigenvalue weighted by molar-refractivity contribution is -0.119. The van der Waals surface area contributed by atoms with Gasteiger partial charge in [-0.25, -0.2) is 0 Å². The van der Waals surface area contributed by atoms with Crippen LogP contribution in [0.15, 0.2) is 18.2 Å². The summed E-state index contributed by atoms with van der Waals surface area (Å²) < 4.78 is 0. The minimum absolute atomic E-state index is 0.00213. The highest BCUT2D eigenvalue weighted by molar-refractivity contribution is 6.31. The van der Waals surface area contributed by atoms with E-state index >= 15 is 0 Å². The summed E-state index contributed by atoms with van der Waals surface area (Å²) in [6.07, 6.45) is 0.931. The van der Waals surface area contributed by atoms with Crippen molar-refractivity contribution >= 4 is 23.2 Å². The third kappa shape index (κ3) is 3.89. The number of hydrogen-bond acceptors (Lipinski definition) is 3. The van der Waals surface area contributed by atoms with Crippen molar-refractivity contribution in [3.8, 4) is 0 Å². The van der Waals surface area contributed by atoms with E-state index in [0.29, 0.717) is 24.7 Å². The zero-order valence-corrected chi connectivity index (χ0v) is 11.6. The van der Waals surface area contributed by atoms with Gasteiger partial charge in [-0.2, -0.15) is 0 Å². The van der Waals surface area contributed by atoms with Gasteiger partial charge in [0.1, 0.15) is 0 Å². The molecule has 0 aliphatic heterocycles. The predicted molar refractivity (Wildman–Crippen MR) is 75.9 cm³/mol. The number of nitrogens with one attached hydrogen (secondary N) is 1. The summed E-state index contributed by atoms with van der Waals surface area (Å²) in [4.78, 5) is 13.5. The molecule has 0 atom stereocenters. The fourth-order valence-electron chi connectivity index (χ4n) is 1.73. The molecule has 1 rings (SSSR count). The fraction of sp³-hybridized carbons (Fsp3) is 0.462. The van der Waals surface area contributed by atoms with E-state index in [2.05, 4.69) is 5.32 Å². The van der Waals surface area contributed by atoms with Crippen LogP contribution >= 0.6 is 11.6 Å². The summed E-state index contributed by atoms with van der Waals surface area (Å²) >= 11 is 6.09. The van der Waals surface area contributed by atoms with Crippen LogP contribution in [0.4, 0.5) is 5.69 Å². The highest BCUT2D eigenvalue weighted by atomic mass is 35.5. The minimum Gasteiger partial charge on any atom is -0.365 e. The molecular weight excluding hydrogens is 250 g/mol. The number of carbonyl (C=O) groups is 1. The van der Waals surface area contributed by atoms with Crippen LogP contribution in [-0.4, -0.2) is 26.0 Å². The van der Waals surface area contributed by atoms with Gasteiger partial charge in [-0.05, 0) is 18.6 Å². The molecule has 0 unspecified atom stereocenters. The first-order valence-electron chi connectivity index (χ1n) is 6.05. The van der Waals surface area contributed by atoms with Crippen molar-refractivity contribution in [2.24, 2.45) is 5.73 Å². The number of rotatable bonds is 6. The lowest BCUT2D eigenvalue weighted by Gasteiger charge is -2.22. The van der Waals surface area contributed by atoms with Crippen LogP contribution in [0.5, 0.6) is 0 Å². The van der Waals surface area contributed by atoms with Crippen LogP contribution in [0.25, 0.3) is 0 Å². The maximum atomic E-state index is 11.7. The number of hydrogen-bond donors (Lipinski definition) is 2. The summed E-state index contributed by atoms with van der Waals surface area (Å²) in [6.45, 7) is 3.38. The van der Waals surface area contributed by atoms with Gasteiger partial charge in [-0.15, -0.1) is 0 Å². The van der Waals surface area contributed by atoms with Gasteiger partial charge in [0.15, 0.2) is 0 Å². The van der Waals surface area contributed by atoms with Gasteiger partial charge in [0.2, 0.25) is 5.91 Å². The molecule has 0 radical (unpaired) electrons. The molecule has 1 aromatic rings. The van der Waals surface area contributed by atoms with Crippen LogP contribution in [0.1, 0.15) is 18.9 Å². The molecule has 0 heterocycles. The van der Waals surface area contributed by atoms with Crippen LogP contribution in [-0.2, 0) is 11.3 Å². The molecule has 100 valence electrons. The van der Waals surface area contributed by atoms with Crippen molar-refractivity contribution in [1.29, 1.82) is 0 Å². The van der Waals surface area contributed by atoms with Crippen molar-refractivity contribution in [2.75, 3.05) is 25.0 Å². The Hall–Kier alpha value is -1.26. The Morgan fingerprint density at radius 3 is 2.83 bits per heavy atom. The summed E-state index contributed by atoms with van der Waals surface area (Å²) in [5, 5.41) is 3.48. The molecule has 0 bridgehead atoms. The fourth-order valence-corrected chi connectivity index (χ4v) is 1.97. The van der Waals surface area contributed by atoms with Crippen LogP contribution in [0.2, 0.25) is 5.02 Å². The SMILES string of the molecule is CCCNC(=O)CN(C)c1cccc(Cl)c1CN. The second-order valence-electron chi connectivity index (χ2n) is 4.15. The quantitative estimate of drug-likeness (QED) is 0.827. The topological polar surface area (TPSA) is 58.4 Å². The van der Waals surface area contributed by atoms with Gasteiger partial charge in [-0.3, -0.25) is 4.79 Å². The van der Waals surface area contributed by atoms with Crippen LogP contribution in [0, 0.1) is 0 Å². The molecular formula is C13H20ClN3O. The van der Waals surface area contributed by atoms with E-state index in [0.717, 1.165) is 17.7 Å². The maximum Gasteiger partial charge on any atom is 0.239 e. The summed E-state index contributed by atoms with van der Waals surface area (Å²) in [5.41, 5.74) is 7.45. The summed E-state index contributed by atoms with van der Waals surface area (Å²) in [5.74, 6) is 0.00213. The number of likely N-dealkylation sites (N-methyl/N-ethyl adjacent to an activating group) is 1. The third-order valence-corrected chi connectivity index (χ3v) is 3.02. The number of carbonyl (C=O) groups excluding carboxylic acids is 1. The van der Waals surface area contributed by atoms with Crippen molar-refractivity contribution in [2.45, 2.75) is 19.9 Å². The van der Waals surface area contributed by atoms with Crippen molar-refractivity contribution in [3.63, 3.8) is 0 Å². The van der Waals surface area contributed by atoms with Gasteiger partial charge in [0.25, 0.3) is 0 Å². The molecule has 18 heavy (non-hydrogen) atoms. The molecule has 1 amide bonds. The monoisotopic (exact) mass is 269 g/mol. The van der Waals surface area contributed by atoms with E-state index in [9.17, 15) is 4.79 Å². The Balaban J connectivity index is 2.75. The van der Waals surface area contributed by atoms with E-state index in [-0.39, 0.29) is 5.91 Å². The molecule has 0 aliphatic carbocycles. The van der Waals surface area contributed by atoms with Gasteiger partial charge in [0, 0.05) is 36.4 Å². The maximum absolute atomic E-state index is 11.7. The largest absolute Gasteiger partial charge is 0.365 e. The number of nitrogens with zero attached hydrogens (tertiary/aromatic N) is 1. The molecule has 0 spiro atoms. The van der Waals surface area contributed by atoms with Crippen LogP contribution in [0.3, 0.4) is 0 Å². The summed E-state index contributed by atoms with van der Waals surface area (Å²) in [7, 11) is 1.86. The highest BCUT2D eigenvalue weighted by Gasteiger charge is 2.12. The second kappa shape index (κ2) is 7.24. The van der Waals surface area contributed by atoms with Crippen molar-refractivity contribution in [3.05, 3.63) is 28.8 Å². The number of halogens is 1. The molecule has 5 heteroatoms. The number of anilines is 1. The van der Waals surface area contributed by atoms with Gasteiger partial charge in [-0.1, -0.05) is 24.6 Å². The Labute approximate surface area is 113 Å². The molecule has 3 N–H and O–H groups in total. The number of benzene rings is 1. The standard InChI is InChI=1S/C13H20ClN3O/c1-3-7-16-13(18)9-17(2)12-6-4-5-11(14)10(12)8-15/h4-6H,3,7-9,15H2,1-2H3,(H,16,18). The first-order valence-corrected chi connectivity index (χ1v) is 6.43. The minimum atomic E-state index is 0.00213. The lowest BCUT2D eigenvalue weighted by atomic mass is 10.1. The first kappa shape index (κ1) is 14.8. The average Bonchev–Trinajstić information content (AvgIpc) is 2.35. The van der Waals surface area contributed by atoms with E-state index in [1.807, 2.05) is 31.0 Å².